The highest BCUT2D eigenvalue weighted by atomic mass is 35.5. The number of carbonyl (C=O) groups excluding carboxylic acids is 4. The van der Waals surface area contributed by atoms with Crippen LogP contribution in [0.5, 0.6) is 0 Å². The van der Waals surface area contributed by atoms with Crippen molar-refractivity contribution in [3.63, 3.8) is 0 Å². The Kier molecular flexibility index (Phi) is 9.46. The van der Waals surface area contributed by atoms with E-state index in [1.165, 1.54) is 4.90 Å². The number of carbonyl (C=O) groups is 4. The predicted octanol–water partition coefficient (Wildman–Crippen LogP) is 5.33. The molecule has 0 spiro atoms. The quantitative estimate of drug-likeness (QED) is 0.297. The Morgan fingerprint density at radius 1 is 0.951 bits per heavy atom. The molecule has 0 aromatic heterocycles. The molecule has 216 valence electrons. The van der Waals surface area contributed by atoms with Crippen LogP contribution in [0.15, 0.2) is 60.7 Å². The van der Waals surface area contributed by atoms with Crippen LogP contribution in [0.25, 0.3) is 0 Å². The van der Waals surface area contributed by atoms with Crippen molar-refractivity contribution < 1.29 is 19.2 Å². The molecule has 5 rings (SSSR count). The van der Waals surface area contributed by atoms with E-state index in [0.29, 0.717) is 34.9 Å². The highest BCUT2D eigenvalue weighted by Crippen LogP contribution is 2.35. The molecule has 2 aromatic carbocycles. The van der Waals surface area contributed by atoms with Gasteiger partial charge < -0.3 is 10.2 Å². The van der Waals surface area contributed by atoms with E-state index in [-0.39, 0.29) is 61.0 Å². The van der Waals surface area contributed by atoms with Gasteiger partial charge in [0, 0.05) is 42.0 Å². The fraction of sp³-hybridized carbons (Fsp3) is 0.438. The van der Waals surface area contributed by atoms with E-state index < -0.39 is 6.04 Å². The lowest BCUT2D eigenvalue weighted by atomic mass is 9.85. The first-order valence-corrected chi connectivity index (χ1v) is 15.2. The third-order valence-electron chi connectivity index (χ3n) is 8.48. The van der Waals surface area contributed by atoms with Gasteiger partial charge in [-0.1, -0.05) is 84.6 Å². The van der Waals surface area contributed by atoms with Gasteiger partial charge >= 0.3 is 0 Å². The van der Waals surface area contributed by atoms with Crippen LogP contribution < -0.4 is 5.32 Å². The second kappa shape index (κ2) is 13.2. The van der Waals surface area contributed by atoms with Gasteiger partial charge in [-0.25, -0.2) is 0 Å². The van der Waals surface area contributed by atoms with Gasteiger partial charge in [0.2, 0.25) is 23.6 Å². The van der Waals surface area contributed by atoms with Crippen LogP contribution in [0.3, 0.4) is 0 Å². The number of halogens is 2. The topological polar surface area (TPSA) is 86.8 Å². The largest absolute Gasteiger partial charge is 0.352 e. The maximum absolute atomic E-state index is 14.0. The average molecular weight is 597 g/mol. The Hall–Kier alpha value is -3.16. The molecule has 1 N–H and O–H groups in total. The minimum Gasteiger partial charge on any atom is -0.352 e. The predicted molar refractivity (Wildman–Crippen MR) is 158 cm³/mol. The maximum atomic E-state index is 14.0. The summed E-state index contributed by atoms with van der Waals surface area (Å²) in [5, 5.41) is 4.04. The summed E-state index contributed by atoms with van der Waals surface area (Å²) >= 11 is 12.7. The Labute approximate surface area is 250 Å². The zero-order valence-electron chi connectivity index (χ0n) is 22.9. The number of hydrogen-bond acceptors (Lipinski definition) is 4. The minimum absolute atomic E-state index is 0.0172. The Bertz CT molecular complexity index is 1300. The molecule has 3 aliphatic rings. The summed E-state index contributed by atoms with van der Waals surface area (Å²) < 4.78 is 0. The first-order valence-electron chi connectivity index (χ1n) is 14.4. The maximum Gasteiger partial charge on any atom is 0.243 e. The zero-order valence-corrected chi connectivity index (χ0v) is 24.4. The third kappa shape index (κ3) is 6.84. The molecule has 7 nitrogen and oxygen atoms in total. The molecule has 0 bridgehead atoms. The molecule has 2 fully saturated rings. The molecular formula is C32H35Cl2N3O4. The van der Waals surface area contributed by atoms with E-state index in [1.807, 2.05) is 42.5 Å². The van der Waals surface area contributed by atoms with Crippen LogP contribution >= 0.6 is 23.2 Å². The number of hydrogen-bond donors (Lipinski definition) is 1. The van der Waals surface area contributed by atoms with Crippen LogP contribution in [-0.4, -0.2) is 52.1 Å². The van der Waals surface area contributed by atoms with Gasteiger partial charge in [0.25, 0.3) is 0 Å². The second-order valence-corrected chi connectivity index (χ2v) is 12.0. The van der Waals surface area contributed by atoms with Gasteiger partial charge in [-0.15, -0.1) is 0 Å². The van der Waals surface area contributed by atoms with Crippen molar-refractivity contribution in [2.45, 2.75) is 70.0 Å². The zero-order chi connectivity index (χ0) is 28.9. The normalized spacial score (nSPS) is 21.2. The van der Waals surface area contributed by atoms with Crippen LogP contribution in [0, 0.1) is 11.8 Å². The third-order valence-corrected chi connectivity index (χ3v) is 9.06. The highest BCUT2D eigenvalue weighted by Gasteiger charge is 2.47. The monoisotopic (exact) mass is 595 g/mol. The number of fused-ring (bicyclic) bond motifs is 1. The van der Waals surface area contributed by atoms with E-state index in [2.05, 4.69) is 5.32 Å². The molecule has 2 aliphatic carbocycles. The van der Waals surface area contributed by atoms with Crippen molar-refractivity contribution >= 4 is 46.8 Å². The van der Waals surface area contributed by atoms with Crippen LogP contribution in [0.2, 0.25) is 10.0 Å². The molecule has 3 atom stereocenters. The summed E-state index contributed by atoms with van der Waals surface area (Å²) in [6, 6.07) is 13.9. The van der Waals surface area contributed by atoms with Gasteiger partial charge in [0.15, 0.2) is 0 Å². The molecule has 0 unspecified atom stereocenters. The van der Waals surface area contributed by atoms with Gasteiger partial charge in [-0.05, 0) is 48.9 Å². The number of benzene rings is 2. The van der Waals surface area contributed by atoms with E-state index in [1.54, 1.807) is 23.1 Å². The highest BCUT2D eigenvalue weighted by molar-refractivity contribution is 6.35. The van der Waals surface area contributed by atoms with E-state index in [4.69, 9.17) is 23.2 Å². The van der Waals surface area contributed by atoms with E-state index in [0.717, 1.165) is 31.2 Å². The van der Waals surface area contributed by atoms with Gasteiger partial charge in [0.05, 0.1) is 11.8 Å². The minimum atomic E-state index is -0.811. The number of nitrogens with one attached hydrogen (secondary N) is 1. The standard InChI is InChI=1S/C32H35Cl2N3O4/c33-23-15-14-22(27(34)19-23)20-37(29(38)16-17-36-31(40)25-12-6-7-13-26(25)32(36)41)28(18-21-8-2-1-3-9-21)30(39)35-24-10-4-5-11-24/h1-3,6-9,14-15,19,24-26,28H,4-5,10-13,16-18,20H2,(H,35,39)/t25-,26+,28-/m0/s1. The van der Waals surface area contributed by atoms with E-state index >= 15 is 0 Å². The van der Waals surface area contributed by atoms with Crippen molar-refractivity contribution in [1.82, 2.24) is 15.1 Å². The van der Waals surface area contributed by atoms with Crippen molar-refractivity contribution in [2.75, 3.05) is 6.54 Å². The fourth-order valence-corrected chi connectivity index (χ4v) is 6.66. The lowest BCUT2D eigenvalue weighted by molar-refractivity contribution is -0.144. The van der Waals surface area contributed by atoms with E-state index in [9.17, 15) is 19.2 Å². The number of amides is 4. The summed E-state index contributed by atoms with van der Waals surface area (Å²) in [5.74, 6) is -1.69. The smallest absolute Gasteiger partial charge is 0.243 e. The average Bonchev–Trinajstić information content (AvgIpc) is 3.57. The van der Waals surface area contributed by atoms with Gasteiger partial charge in [-0.3, -0.25) is 24.1 Å². The molecule has 9 heteroatoms. The molecular weight excluding hydrogens is 561 g/mol. The van der Waals surface area contributed by atoms with Crippen LogP contribution in [0.4, 0.5) is 0 Å². The van der Waals surface area contributed by atoms with Gasteiger partial charge in [-0.2, -0.15) is 0 Å². The lowest BCUT2D eigenvalue weighted by Gasteiger charge is -2.33. The van der Waals surface area contributed by atoms with Crippen molar-refractivity contribution in [3.05, 3.63) is 81.9 Å². The molecule has 1 saturated heterocycles. The number of rotatable bonds is 10. The SMILES string of the molecule is O=C(NC1CCCC1)[C@H](Cc1ccccc1)N(Cc1ccc(Cl)cc1Cl)C(=O)CCN1C(=O)[C@H]2CC=CC[C@H]2C1=O. The summed E-state index contributed by atoms with van der Waals surface area (Å²) in [5.41, 5.74) is 1.57. The number of likely N-dealkylation sites (tertiary alicyclic amines) is 1. The molecule has 0 radical (unpaired) electrons. The van der Waals surface area contributed by atoms with Gasteiger partial charge in [0.1, 0.15) is 6.04 Å². The Morgan fingerprint density at radius 3 is 2.24 bits per heavy atom. The molecule has 1 heterocycles. The van der Waals surface area contributed by atoms with Crippen molar-refractivity contribution in [2.24, 2.45) is 11.8 Å². The Morgan fingerprint density at radius 2 is 1.61 bits per heavy atom. The number of imide groups is 1. The Balaban J connectivity index is 1.41. The number of nitrogens with zero attached hydrogens (tertiary/aromatic N) is 2. The summed E-state index contributed by atoms with van der Waals surface area (Å²) in [4.78, 5) is 56.7. The first kappa shape index (κ1) is 29.3. The van der Waals surface area contributed by atoms with Crippen LogP contribution in [0.1, 0.15) is 56.1 Å². The summed E-state index contributed by atoms with van der Waals surface area (Å²) in [6.45, 7) is 0.0676. The molecule has 1 aliphatic heterocycles. The second-order valence-electron chi connectivity index (χ2n) is 11.2. The fourth-order valence-electron chi connectivity index (χ4n) is 6.20. The lowest BCUT2D eigenvalue weighted by Crippen LogP contribution is -2.52. The summed E-state index contributed by atoms with van der Waals surface area (Å²) in [7, 11) is 0. The van der Waals surface area contributed by atoms with Crippen molar-refractivity contribution in [1.29, 1.82) is 0 Å². The van der Waals surface area contributed by atoms with Crippen molar-refractivity contribution in [3.8, 4) is 0 Å². The number of allylic oxidation sites excluding steroid dienone is 2. The molecule has 4 amide bonds. The molecule has 41 heavy (non-hydrogen) atoms. The summed E-state index contributed by atoms with van der Waals surface area (Å²) in [6.07, 6.45) is 9.15. The van der Waals surface area contributed by atoms with Crippen LogP contribution in [-0.2, 0) is 32.1 Å². The molecule has 2 aromatic rings. The first-order chi connectivity index (χ1) is 19.8. The molecule has 1 saturated carbocycles.